The van der Waals surface area contributed by atoms with Crippen molar-refractivity contribution < 1.29 is 4.74 Å². The molecule has 0 fully saturated rings. The highest BCUT2D eigenvalue weighted by atomic mass is 79.9. The Labute approximate surface area is 131 Å². The number of halogens is 1. The lowest BCUT2D eigenvalue weighted by Gasteiger charge is -2.13. The zero-order valence-corrected chi connectivity index (χ0v) is 13.5. The number of nitrogens with zero attached hydrogens (tertiary/aromatic N) is 2. The second-order valence-corrected chi connectivity index (χ2v) is 6.36. The van der Waals surface area contributed by atoms with Crippen LogP contribution in [0.5, 0.6) is 0 Å². The molecule has 2 aromatic heterocycles. The number of benzene rings is 1. The van der Waals surface area contributed by atoms with E-state index in [9.17, 15) is 0 Å². The lowest BCUT2D eigenvalue weighted by Crippen LogP contribution is -2.05. The van der Waals surface area contributed by atoms with Crippen molar-refractivity contribution in [2.75, 3.05) is 0 Å². The smallest absolute Gasteiger partial charge is 0.137 e. The number of aromatic nitrogens is 2. The molecule has 0 aliphatic carbocycles. The van der Waals surface area contributed by atoms with E-state index < -0.39 is 0 Å². The molecule has 2 atom stereocenters. The van der Waals surface area contributed by atoms with Gasteiger partial charge in [0.25, 0.3) is 0 Å². The molecule has 0 spiro atoms. The van der Waals surface area contributed by atoms with Gasteiger partial charge in [0, 0.05) is 10.7 Å². The fraction of sp³-hybridized carbons (Fsp3) is 0.235. The first-order valence-corrected chi connectivity index (χ1v) is 7.83. The van der Waals surface area contributed by atoms with Crippen LogP contribution in [-0.2, 0) is 4.74 Å². The van der Waals surface area contributed by atoms with Crippen molar-refractivity contribution in [1.82, 2.24) is 9.38 Å². The molecule has 106 valence electrons. The molecule has 1 aliphatic heterocycles. The number of pyridine rings is 1. The summed E-state index contributed by atoms with van der Waals surface area (Å²) in [5, 5.41) is 0. The molecule has 4 heteroatoms. The molecule has 4 rings (SSSR count). The predicted molar refractivity (Wildman–Crippen MR) is 85.4 cm³/mol. The summed E-state index contributed by atoms with van der Waals surface area (Å²) in [6, 6.07) is 12.5. The number of imidazole rings is 1. The van der Waals surface area contributed by atoms with E-state index in [0.29, 0.717) is 0 Å². The Kier molecular flexibility index (Phi) is 2.91. The second kappa shape index (κ2) is 4.68. The van der Waals surface area contributed by atoms with E-state index in [1.165, 1.54) is 11.1 Å². The van der Waals surface area contributed by atoms with E-state index >= 15 is 0 Å². The zero-order chi connectivity index (χ0) is 14.6. The van der Waals surface area contributed by atoms with Gasteiger partial charge in [0.05, 0.1) is 17.5 Å². The third kappa shape index (κ3) is 1.93. The number of aryl methyl sites for hydroxylation is 1. The van der Waals surface area contributed by atoms with Gasteiger partial charge in [-0.25, -0.2) is 4.98 Å². The van der Waals surface area contributed by atoms with Crippen LogP contribution < -0.4 is 0 Å². The van der Waals surface area contributed by atoms with E-state index in [2.05, 4.69) is 62.7 Å². The van der Waals surface area contributed by atoms with Crippen molar-refractivity contribution >= 4 is 21.6 Å². The third-order valence-corrected chi connectivity index (χ3v) is 4.58. The molecule has 21 heavy (non-hydrogen) atoms. The molecule has 0 amide bonds. The van der Waals surface area contributed by atoms with Gasteiger partial charge in [-0.3, -0.25) is 4.40 Å². The third-order valence-electron chi connectivity index (χ3n) is 4.11. The van der Waals surface area contributed by atoms with Gasteiger partial charge in [-0.2, -0.15) is 0 Å². The summed E-state index contributed by atoms with van der Waals surface area (Å²) < 4.78 is 9.39. The van der Waals surface area contributed by atoms with Gasteiger partial charge in [-0.15, -0.1) is 0 Å². The van der Waals surface area contributed by atoms with Crippen molar-refractivity contribution in [3.8, 4) is 0 Å². The molecule has 0 saturated carbocycles. The minimum Gasteiger partial charge on any atom is -0.360 e. The molecule has 0 saturated heterocycles. The van der Waals surface area contributed by atoms with E-state index in [0.717, 1.165) is 21.5 Å². The normalized spacial score (nSPS) is 20.9. The van der Waals surface area contributed by atoms with Gasteiger partial charge in [0.15, 0.2) is 0 Å². The monoisotopic (exact) mass is 342 g/mol. The lowest BCUT2D eigenvalue weighted by molar-refractivity contribution is 0.0423. The van der Waals surface area contributed by atoms with Crippen LogP contribution in [-0.4, -0.2) is 9.38 Å². The van der Waals surface area contributed by atoms with Crippen LogP contribution in [0.4, 0.5) is 0 Å². The van der Waals surface area contributed by atoms with Crippen molar-refractivity contribution in [1.29, 1.82) is 0 Å². The highest BCUT2D eigenvalue weighted by Crippen LogP contribution is 2.43. The molecule has 3 aromatic rings. The van der Waals surface area contributed by atoms with Crippen LogP contribution >= 0.6 is 15.9 Å². The van der Waals surface area contributed by atoms with Crippen molar-refractivity contribution in [2.45, 2.75) is 26.1 Å². The molecule has 1 aromatic carbocycles. The summed E-state index contributed by atoms with van der Waals surface area (Å²) in [6.07, 6.45) is 2.11. The van der Waals surface area contributed by atoms with Crippen molar-refractivity contribution in [3.05, 3.63) is 69.6 Å². The first-order chi connectivity index (χ1) is 10.1. The molecule has 3 nitrogen and oxygen atoms in total. The highest BCUT2D eigenvalue weighted by molar-refractivity contribution is 9.10. The summed E-state index contributed by atoms with van der Waals surface area (Å²) in [4.78, 5) is 4.66. The number of hydrogen-bond acceptors (Lipinski definition) is 2. The maximum atomic E-state index is 6.23. The van der Waals surface area contributed by atoms with Crippen LogP contribution in [0.1, 0.15) is 41.6 Å². The van der Waals surface area contributed by atoms with E-state index in [-0.39, 0.29) is 12.2 Å². The van der Waals surface area contributed by atoms with Gasteiger partial charge >= 0.3 is 0 Å². The fourth-order valence-electron chi connectivity index (χ4n) is 3.15. The predicted octanol–water partition coefficient (Wildman–Crippen LogP) is 4.59. The maximum Gasteiger partial charge on any atom is 0.137 e. The molecule has 3 heterocycles. The molecular formula is C17H15BrN2O. The summed E-state index contributed by atoms with van der Waals surface area (Å²) in [5.74, 6) is 0. The second-order valence-electron chi connectivity index (χ2n) is 5.45. The summed E-state index contributed by atoms with van der Waals surface area (Å²) >= 11 is 3.54. The summed E-state index contributed by atoms with van der Waals surface area (Å²) in [7, 11) is 0. The molecule has 0 bridgehead atoms. The molecule has 0 radical (unpaired) electrons. The maximum absolute atomic E-state index is 6.23. The number of hydrogen-bond donors (Lipinski definition) is 0. The largest absolute Gasteiger partial charge is 0.360 e. The van der Waals surface area contributed by atoms with Gasteiger partial charge in [0.2, 0.25) is 0 Å². The van der Waals surface area contributed by atoms with Crippen LogP contribution in [0.3, 0.4) is 0 Å². The van der Waals surface area contributed by atoms with Crippen LogP contribution in [0.2, 0.25) is 0 Å². The number of fused-ring (bicyclic) bond motifs is 2. The van der Waals surface area contributed by atoms with Crippen LogP contribution in [0.25, 0.3) is 5.65 Å². The zero-order valence-electron chi connectivity index (χ0n) is 11.9. The average molecular weight is 343 g/mol. The highest BCUT2D eigenvalue weighted by Gasteiger charge is 2.33. The quantitative estimate of drug-likeness (QED) is 0.646. The minimum atomic E-state index is -0.0551. The van der Waals surface area contributed by atoms with Gasteiger partial charge in [0.1, 0.15) is 11.8 Å². The molecule has 1 aliphatic rings. The average Bonchev–Trinajstić information content (AvgIpc) is 2.96. The van der Waals surface area contributed by atoms with E-state index in [4.69, 9.17) is 4.74 Å². The van der Waals surface area contributed by atoms with Crippen LogP contribution in [0, 0.1) is 6.92 Å². The Morgan fingerprint density at radius 1 is 1.14 bits per heavy atom. The Bertz CT molecular complexity index is 840. The first-order valence-electron chi connectivity index (χ1n) is 7.03. The van der Waals surface area contributed by atoms with Crippen molar-refractivity contribution in [3.63, 3.8) is 0 Å². The Morgan fingerprint density at radius 3 is 2.71 bits per heavy atom. The van der Waals surface area contributed by atoms with E-state index in [1.54, 1.807) is 0 Å². The summed E-state index contributed by atoms with van der Waals surface area (Å²) in [6.45, 7) is 4.15. The minimum absolute atomic E-state index is 0.0551. The van der Waals surface area contributed by atoms with Gasteiger partial charge in [-0.05, 0) is 53.0 Å². The Morgan fingerprint density at radius 2 is 1.90 bits per heavy atom. The van der Waals surface area contributed by atoms with E-state index in [1.807, 2.05) is 19.1 Å². The molecule has 0 unspecified atom stereocenters. The lowest BCUT2D eigenvalue weighted by atomic mass is 10.0. The Balaban J connectivity index is 1.96. The Hall–Kier alpha value is -1.65. The first kappa shape index (κ1) is 13.0. The number of ether oxygens (including phenoxy) is 1. The standard InChI is InChI=1S/C17H15BrN2O/c1-10-16(20-9-12(18)7-8-15(20)19-10)17-14-6-4-3-5-13(14)11(2)21-17/h3-9,11,17H,1-2H3/t11-,17-/m0/s1. The fourth-order valence-corrected chi connectivity index (χ4v) is 3.49. The topological polar surface area (TPSA) is 26.5 Å². The SMILES string of the molecule is Cc1nc2ccc(Br)cn2c1[C@H]1O[C@@H](C)c2ccccc21. The van der Waals surface area contributed by atoms with Gasteiger partial charge in [-0.1, -0.05) is 24.3 Å². The molecule has 0 N–H and O–H groups in total. The summed E-state index contributed by atoms with van der Waals surface area (Å²) in [5.41, 5.74) is 5.60. The van der Waals surface area contributed by atoms with Gasteiger partial charge < -0.3 is 4.74 Å². The molecular weight excluding hydrogens is 328 g/mol. The number of rotatable bonds is 1. The van der Waals surface area contributed by atoms with Crippen LogP contribution in [0.15, 0.2) is 47.1 Å². The van der Waals surface area contributed by atoms with Crippen molar-refractivity contribution in [2.24, 2.45) is 0 Å².